The van der Waals surface area contributed by atoms with E-state index in [1.54, 1.807) is 13.2 Å². The molecular formula is C20H16O2. The van der Waals surface area contributed by atoms with Crippen molar-refractivity contribution < 1.29 is 9.53 Å². The van der Waals surface area contributed by atoms with E-state index < -0.39 is 0 Å². The van der Waals surface area contributed by atoms with Crippen LogP contribution in [0.3, 0.4) is 0 Å². The number of carbonyl (C=O) groups is 1. The molecule has 0 atom stereocenters. The van der Waals surface area contributed by atoms with Gasteiger partial charge in [0, 0.05) is 5.56 Å². The quantitative estimate of drug-likeness (QED) is 0.512. The highest BCUT2D eigenvalue weighted by atomic mass is 16.5. The van der Waals surface area contributed by atoms with Crippen molar-refractivity contribution in [2.24, 2.45) is 0 Å². The fourth-order valence-corrected chi connectivity index (χ4v) is 2.34. The van der Waals surface area contributed by atoms with Crippen LogP contribution in [0.15, 0.2) is 72.8 Å². The lowest BCUT2D eigenvalue weighted by Gasteiger charge is -2.04. The Morgan fingerprint density at radius 1 is 0.909 bits per heavy atom. The Morgan fingerprint density at radius 3 is 2.41 bits per heavy atom. The van der Waals surface area contributed by atoms with E-state index in [4.69, 9.17) is 4.74 Å². The second-order valence-electron chi connectivity index (χ2n) is 5.04. The molecule has 0 spiro atoms. The highest BCUT2D eigenvalue weighted by Gasteiger charge is 2.04. The molecule has 0 radical (unpaired) electrons. The monoisotopic (exact) mass is 288 g/mol. The molecule has 108 valence electrons. The Morgan fingerprint density at radius 2 is 1.64 bits per heavy atom. The van der Waals surface area contributed by atoms with Crippen LogP contribution in [-0.2, 0) is 0 Å². The predicted octanol–water partition coefficient (Wildman–Crippen LogP) is 4.74. The molecule has 0 aromatic heterocycles. The van der Waals surface area contributed by atoms with E-state index >= 15 is 0 Å². The van der Waals surface area contributed by atoms with Gasteiger partial charge in [-0.3, -0.25) is 4.79 Å². The summed E-state index contributed by atoms with van der Waals surface area (Å²) in [6.07, 6.45) is 3.45. The van der Waals surface area contributed by atoms with Crippen LogP contribution >= 0.6 is 0 Å². The van der Waals surface area contributed by atoms with Crippen LogP contribution in [0.4, 0.5) is 0 Å². The van der Waals surface area contributed by atoms with Gasteiger partial charge in [-0.1, -0.05) is 54.6 Å². The molecule has 0 aliphatic rings. The van der Waals surface area contributed by atoms with Gasteiger partial charge in [0.25, 0.3) is 0 Å². The average Bonchev–Trinajstić information content (AvgIpc) is 2.59. The van der Waals surface area contributed by atoms with Crippen LogP contribution in [0.5, 0.6) is 5.75 Å². The maximum Gasteiger partial charge on any atom is 0.185 e. The Hall–Kier alpha value is -2.87. The average molecular weight is 288 g/mol. The summed E-state index contributed by atoms with van der Waals surface area (Å²) in [6.45, 7) is 0. The molecule has 22 heavy (non-hydrogen) atoms. The summed E-state index contributed by atoms with van der Waals surface area (Å²) in [6, 6.07) is 21.3. The topological polar surface area (TPSA) is 26.3 Å². The van der Waals surface area contributed by atoms with E-state index in [-0.39, 0.29) is 5.78 Å². The van der Waals surface area contributed by atoms with Crippen molar-refractivity contribution in [2.75, 3.05) is 7.11 Å². The standard InChI is InChI=1S/C20H16O2/c1-22-19-11-10-16-13-18(9-8-17(16)14-19)20(21)12-7-15-5-3-2-4-6-15/h2-14H,1H3/b12-7-. The molecule has 0 heterocycles. The fourth-order valence-electron chi connectivity index (χ4n) is 2.34. The number of ketones is 1. The van der Waals surface area contributed by atoms with Crippen LogP contribution in [0, 0.1) is 0 Å². The normalized spacial score (nSPS) is 11.0. The van der Waals surface area contributed by atoms with Crippen molar-refractivity contribution in [3.63, 3.8) is 0 Å². The summed E-state index contributed by atoms with van der Waals surface area (Å²) in [5.41, 5.74) is 1.70. The molecule has 0 aliphatic heterocycles. The Kier molecular flexibility index (Phi) is 4.01. The van der Waals surface area contributed by atoms with Crippen molar-refractivity contribution in [2.45, 2.75) is 0 Å². The van der Waals surface area contributed by atoms with Crippen LogP contribution < -0.4 is 4.74 Å². The van der Waals surface area contributed by atoms with Crippen LogP contribution in [0.1, 0.15) is 15.9 Å². The first-order chi connectivity index (χ1) is 10.8. The van der Waals surface area contributed by atoms with Gasteiger partial charge in [0.05, 0.1) is 7.11 Å². The molecular weight excluding hydrogens is 272 g/mol. The van der Waals surface area contributed by atoms with Gasteiger partial charge in [0.1, 0.15) is 5.75 Å². The largest absolute Gasteiger partial charge is 0.497 e. The third kappa shape index (κ3) is 3.07. The minimum absolute atomic E-state index is 0.00145. The number of hydrogen-bond acceptors (Lipinski definition) is 2. The number of fused-ring (bicyclic) bond motifs is 1. The zero-order valence-electron chi connectivity index (χ0n) is 12.3. The van der Waals surface area contributed by atoms with Crippen LogP contribution in [0.2, 0.25) is 0 Å². The predicted molar refractivity (Wildman–Crippen MR) is 90.3 cm³/mol. The second kappa shape index (κ2) is 6.27. The van der Waals surface area contributed by atoms with Crippen LogP contribution in [0.25, 0.3) is 16.8 Å². The third-order valence-electron chi connectivity index (χ3n) is 3.56. The summed E-state index contributed by atoms with van der Waals surface area (Å²) in [7, 11) is 1.65. The molecule has 0 saturated carbocycles. The molecule has 3 rings (SSSR count). The molecule has 0 N–H and O–H groups in total. The first-order valence-electron chi connectivity index (χ1n) is 7.11. The minimum atomic E-state index is 0.00145. The smallest absolute Gasteiger partial charge is 0.185 e. The maximum absolute atomic E-state index is 12.3. The van der Waals surface area contributed by atoms with E-state index in [2.05, 4.69) is 0 Å². The van der Waals surface area contributed by atoms with Gasteiger partial charge in [-0.25, -0.2) is 0 Å². The van der Waals surface area contributed by atoms with E-state index in [0.29, 0.717) is 5.56 Å². The molecule has 3 aromatic rings. The molecule has 0 unspecified atom stereocenters. The van der Waals surface area contributed by atoms with Crippen molar-refractivity contribution >= 4 is 22.6 Å². The number of rotatable bonds is 4. The van der Waals surface area contributed by atoms with Crippen molar-refractivity contribution in [1.82, 2.24) is 0 Å². The molecule has 0 saturated heterocycles. The summed E-state index contributed by atoms with van der Waals surface area (Å²) in [5.74, 6) is 0.817. The van der Waals surface area contributed by atoms with Gasteiger partial charge in [-0.15, -0.1) is 0 Å². The Balaban J connectivity index is 1.86. The highest BCUT2D eigenvalue weighted by Crippen LogP contribution is 2.22. The van der Waals surface area contributed by atoms with E-state index in [0.717, 1.165) is 22.1 Å². The molecule has 0 fully saturated rings. The summed E-state index contributed by atoms with van der Waals surface area (Å²) >= 11 is 0. The van der Waals surface area contributed by atoms with Gasteiger partial charge in [0.15, 0.2) is 5.78 Å². The van der Waals surface area contributed by atoms with E-state index in [1.807, 2.05) is 72.8 Å². The molecule has 0 amide bonds. The van der Waals surface area contributed by atoms with Crippen molar-refractivity contribution in [3.05, 3.63) is 83.9 Å². The molecule has 2 heteroatoms. The zero-order valence-corrected chi connectivity index (χ0v) is 12.3. The number of methoxy groups -OCH3 is 1. The number of benzene rings is 3. The van der Waals surface area contributed by atoms with Crippen molar-refractivity contribution in [3.8, 4) is 5.75 Å². The van der Waals surface area contributed by atoms with Gasteiger partial charge in [-0.2, -0.15) is 0 Å². The van der Waals surface area contributed by atoms with Gasteiger partial charge in [0.2, 0.25) is 0 Å². The minimum Gasteiger partial charge on any atom is -0.497 e. The number of carbonyl (C=O) groups excluding carboxylic acids is 1. The van der Waals surface area contributed by atoms with Gasteiger partial charge < -0.3 is 4.74 Å². The first kappa shape index (κ1) is 14.1. The lowest BCUT2D eigenvalue weighted by Crippen LogP contribution is -1.94. The van der Waals surface area contributed by atoms with E-state index in [9.17, 15) is 4.79 Å². The van der Waals surface area contributed by atoms with E-state index in [1.165, 1.54) is 0 Å². The summed E-state index contributed by atoms with van der Waals surface area (Å²) < 4.78 is 5.21. The van der Waals surface area contributed by atoms with Gasteiger partial charge in [-0.05, 0) is 40.6 Å². The Labute approximate surface area is 129 Å². The third-order valence-corrected chi connectivity index (χ3v) is 3.56. The van der Waals surface area contributed by atoms with Crippen molar-refractivity contribution in [1.29, 1.82) is 0 Å². The maximum atomic E-state index is 12.3. The fraction of sp³-hybridized carbons (Fsp3) is 0.0500. The molecule has 0 aliphatic carbocycles. The molecule has 0 bridgehead atoms. The summed E-state index contributed by atoms with van der Waals surface area (Å²) in [4.78, 5) is 12.3. The second-order valence-corrected chi connectivity index (χ2v) is 5.04. The molecule has 2 nitrogen and oxygen atoms in total. The lowest BCUT2D eigenvalue weighted by molar-refractivity contribution is 0.104. The highest BCUT2D eigenvalue weighted by molar-refractivity contribution is 6.08. The van der Waals surface area contributed by atoms with Gasteiger partial charge >= 0.3 is 0 Å². The molecule has 3 aromatic carbocycles. The first-order valence-corrected chi connectivity index (χ1v) is 7.11. The number of allylic oxidation sites excluding steroid dienone is 1. The van der Waals surface area contributed by atoms with Crippen LogP contribution in [-0.4, -0.2) is 12.9 Å². The Bertz CT molecular complexity index is 833. The zero-order chi connectivity index (χ0) is 15.4. The SMILES string of the molecule is COc1ccc2cc(C(=O)/C=C\c3ccccc3)ccc2c1. The lowest BCUT2D eigenvalue weighted by atomic mass is 10.0. The summed E-state index contributed by atoms with van der Waals surface area (Å²) in [5, 5.41) is 2.09. The number of hydrogen-bond donors (Lipinski definition) is 0. The number of ether oxygens (including phenoxy) is 1.